The third kappa shape index (κ3) is 3.70. The average Bonchev–Trinajstić information content (AvgIpc) is 3.30. The highest BCUT2D eigenvalue weighted by Gasteiger charge is 2.49. The lowest BCUT2D eigenvalue weighted by molar-refractivity contribution is -0.139. The summed E-state index contributed by atoms with van der Waals surface area (Å²) in [5.74, 6) is 0.365. The van der Waals surface area contributed by atoms with Crippen molar-refractivity contribution in [3.05, 3.63) is 35.9 Å². The molecule has 0 bridgehead atoms. The molecule has 1 saturated carbocycles. The summed E-state index contributed by atoms with van der Waals surface area (Å²) in [5.41, 5.74) is 0.545. The number of hydrogen-bond donors (Lipinski definition) is 1. The van der Waals surface area contributed by atoms with Crippen LogP contribution in [-0.4, -0.2) is 53.8 Å². The average molecular weight is 384 g/mol. The summed E-state index contributed by atoms with van der Waals surface area (Å²) in [4.78, 5) is 40.2. The van der Waals surface area contributed by atoms with Crippen molar-refractivity contribution in [1.29, 1.82) is 0 Å². The van der Waals surface area contributed by atoms with E-state index in [1.54, 1.807) is 17.0 Å². The van der Waals surface area contributed by atoms with Gasteiger partial charge in [-0.15, -0.1) is 0 Å². The molecule has 150 valence electrons. The van der Waals surface area contributed by atoms with Crippen molar-refractivity contribution < 1.29 is 19.1 Å². The molecule has 1 N–H and O–H groups in total. The summed E-state index contributed by atoms with van der Waals surface area (Å²) in [5, 5.41) is 3.01. The predicted molar refractivity (Wildman–Crippen MR) is 104 cm³/mol. The zero-order valence-corrected chi connectivity index (χ0v) is 16.3. The number of ether oxygens (including phenoxy) is 1. The Bertz CT molecular complexity index is 742. The van der Waals surface area contributed by atoms with E-state index in [4.69, 9.17) is 4.74 Å². The number of nitrogens with one attached hydrogen (secondary N) is 1. The van der Waals surface area contributed by atoms with Crippen LogP contribution in [0, 0.1) is 11.8 Å². The first-order valence-corrected chi connectivity index (χ1v) is 10.4. The van der Waals surface area contributed by atoms with Crippen molar-refractivity contribution in [3.8, 4) is 0 Å². The van der Waals surface area contributed by atoms with Gasteiger partial charge in [0.2, 0.25) is 5.91 Å². The molecule has 2 aliphatic heterocycles. The van der Waals surface area contributed by atoms with E-state index in [-0.39, 0.29) is 36.2 Å². The van der Waals surface area contributed by atoms with Crippen LogP contribution >= 0.6 is 0 Å². The molecule has 0 aromatic heterocycles. The van der Waals surface area contributed by atoms with Gasteiger partial charge in [-0.25, -0.2) is 0 Å². The molecule has 28 heavy (non-hydrogen) atoms. The van der Waals surface area contributed by atoms with Crippen LogP contribution < -0.4 is 5.32 Å². The second kappa shape index (κ2) is 8.03. The first kappa shape index (κ1) is 19.1. The molecule has 6 heteroatoms. The van der Waals surface area contributed by atoms with Crippen LogP contribution in [0.15, 0.2) is 30.3 Å². The second-order valence-electron chi connectivity index (χ2n) is 8.42. The molecule has 4 rings (SSSR count). The van der Waals surface area contributed by atoms with Gasteiger partial charge in [-0.2, -0.15) is 0 Å². The highest BCUT2D eigenvalue weighted by Crippen LogP contribution is 2.33. The fourth-order valence-corrected chi connectivity index (χ4v) is 4.83. The summed E-state index contributed by atoms with van der Waals surface area (Å²) >= 11 is 0. The van der Waals surface area contributed by atoms with Crippen molar-refractivity contribution >= 4 is 17.6 Å². The monoisotopic (exact) mass is 384 g/mol. The maximum atomic E-state index is 13.5. The Morgan fingerprint density at radius 3 is 2.54 bits per heavy atom. The van der Waals surface area contributed by atoms with E-state index in [1.165, 1.54) is 0 Å². The van der Waals surface area contributed by atoms with Crippen molar-refractivity contribution in [2.75, 3.05) is 13.2 Å². The molecule has 1 unspecified atom stereocenters. The number of nitrogens with zero attached hydrogens (tertiary/aromatic N) is 1. The lowest BCUT2D eigenvalue weighted by Gasteiger charge is -2.35. The van der Waals surface area contributed by atoms with Gasteiger partial charge < -0.3 is 15.0 Å². The molecule has 2 saturated heterocycles. The number of rotatable bonds is 4. The summed E-state index contributed by atoms with van der Waals surface area (Å²) in [6.45, 7) is 2.83. The van der Waals surface area contributed by atoms with E-state index < -0.39 is 12.1 Å². The van der Waals surface area contributed by atoms with Gasteiger partial charge in [0.1, 0.15) is 18.7 Å². The van der Waals surface area contributed by atoms with Crippen LogP contribution in [-0.2, 0) is 14.3 Å². The van der Waals surface area contributed by atoms with Crippen LogP contribution in [0.1, 0.15) is 49.4 Å². The molecular formula is C22H28N2O4. The summed E-state index contributed by atoms with van der Waals surface area (Å²) in [6, 6.07) is 7.91. The van der Waals surface area contributed by atoms with Crippen molar-refractivity contribution in [2.45, 2.75) is 57.2 Å². The van der Waals surface area contributed by atoms with Crippen molar-refractivity contribution in [3.63, 3.8) is 0 Å². The Balaban J connectivity index is 1.55. The topological polar surface area (TPSA) is 75.7 Å². The Labute approximate surface area is 165 Å². The third-order valence-corrected chi connectivity index (χ3v) is 6.52. The van der Waals surface area contributed by atoms with Crippen LogP contribution in [0.3, 0.4) is 0 Å². The number of amides is 2. The summed E-state index contributed by atoms with van der Waals surface area (Å²) in [6.07, 6.45) is 4.45. The number of carbonyl (C=O) groups is 3. The molecular weight excluding hydrogens is 356 g/mol. The molecule has 0 radical (unpaired) electrons. The van der Waals surface area contributed by atoms with Crippen molar-refractivity contribution in [2.24, 2.45) is 11.8 Å². The lowest BCUT2D eigenvalue weighted by Crippen LogP contribution is -2.55. The normalized spacial score (nSPS) is 30.8. The highest BCUT2D eigenvalue weighted by atomic mass is 16.5. The molecule has 6 nitrogen and oxygen atoms in total. The Morgan fingerprint density at radius 1 is 1.11 bits per heavy atom. The van der Waals surface area contributed by atoms with E-state index in [1.807, 2.05) is 18.2 Å². The minimum Gasteiger partial charge on any atom is -0.368 e. The molecule has 3 atom stereocenters. The number of Topliss-reactive ketones (excluding diaryl/α,β-unsaturated/α-hetero) is 1. The molecule has 3 aliphatic rings. The van der Waals surface area contributed by atoms with Gasteiger partial charge in [0.25, 0.3) is 5.91 Å². The minimum absolute atomic E-state index is 0.0266. The molecule has 1 aliphatic carbocycles. The van der Waals surface area contributed by atoms with E-state index in [9.17, 15) is 14.4 Å². The van der Waals surface area contributed by atoms with Crippen LogP contribution in [0.5, 0.6) is 0 Å². The van der Waals surface area contributed by atoms with Gasteiger partial charge in [-0.05, 0) is 43.2 Å². The fraction of sp³-hybridized carbons (Fsp3) is 0.591. The highest BCUT2D eigenvalue weighted by molar-refractivity contribution is 5.99. The number of hydrogen-bond acceptors (Lipinski definition) is 4. The van der Waals surface area contributed by atoms with E-state index >= 15 is 0 Å². The smallest absolute Gasteiger partial charge is 0.251 e. The molecule has 3 fully saturated rings. The van der Waals surface area contributed by atoms with E-state index in [0.717, 1.165) is 25.7 Å². The minimum atomic E-state index is -0.590. The number of benzene rings is 1. The van der Waals surface area contributed by atoms with Crippen molar-refractivity contribution in [1.82, 2.24) is 10.2 Å². The van der Waals surface area contributed by atoms with Crippen LogP contribution in [0.25, 0.3) is 0 Å². The summed E-state index contributed by atoms with van der Waals surface area (Å²) in [7, 11) is 0. The quantitative estimate of drug-likeness (QED) is 0.863. The van der Waals surface area contributed by atoms with Crippen LogP contribution in [0.4, 0.5) is 0 Å². The third-order valence-electron chi connectivity index (χ3n) is 6.52. The van der Waals surface area contributed by atoms with Gasteiger partial charge in [0.15, 0.2) is 5.78 Å². The van der Waals surface area contributed by atoms with E-state index in [2.05, 4.69) is 12.2 Å². The zero-order chi connectivity index (χ0) is 19.7. The van der Waals surface area contributed by atoms with E-state index in [0.29, 0.717) is 24.4 Å². The molecule has 1 aromatic carbocycles. The van der Waals surface area contributed by atoms with Gasteiger partial charge in [0.05, 0.1) is 6.10 Å². The number of likely N-dealkylation sites (tertiary alicyclic amines) is 1. The number of carbonyl (C=O) groups excluding carboxylic acids is 3. The summed E-state index contributed by atoms with van der Waals surface area (Å²) < 4.78 is 5.53. The fourth-order valence-electron chi connectivity index (χ4n) is 4.83. The van der Waals surface area contributed by atoms with Gasteiger partial charge in [-0.1, -0.05) is 38.0 Å². The Hall–Kier alpha value is -2.21. The standard InChI is InChI=1S/C22H28N2O4/c1-14-7-9-15(10-8-14)19(23-21(26)16-5-3-2-4-6-16)22(27)24-12-11-18-20(24)17(25)13-28-18/h2-6,14-15,18-20H,7-13H2,1H3,(H,23,26)/t14?,15?,18-,19?,20-/m1/s1. The Kier molecular flexibility index (Phi) is 5.49. The largest absolute Gasteiger partial charge is 0.368 e. The van der Waals surface area contributed by atoms with Crippen LogP contribution in [0.2, 0.25) is 0 Å². The first-order valence-electron chi connectivity index (χ1n) is 10.4. The van der Waals surface area contributed by atoms with Gasteiger partial charge in [0, 0.05) is 12.1 Å². The molecule has 2 heterocycles. The molecule has 1 aromatic rings. The maximum Gasteiger partial charge on any atom is 0.251 e. The number of ketones is 1. The zero-order valence-electron chi connectivity index (χ0n) is 16.3. The predicted octanol–water partition coefficient (Wildman–Crippen LogP) is 2.18. The molecule has 2 amide bonds. The maximum absolute atomic E-state index is 13.5. The Morgan fingerprint density at radius 2 is 1.82 bits per heavy atom. The SMILES string of the molecule is CC1CCC(C(NC(=O)c2ccccc2)C(=O)N2CC[C@H]3OCC(=O)[C@H]32)CC1. The second-order valence-corrected chi connectivity index (χ2v) is 8.42. The lowest BCUT2D eigenvalue weighted by atomic mass is 9.78. The molecule has 0 spiro atoms. The number of fused-ring (bicyclic) bond motifs is 1. The van der Waals surface area contributed by atoms with Gasteiger partial charge in [-0.3, -0.25) is 14.4 Å². The first-order chi connectivity index (χ1) is 13.5. The van der Waals surface area contributed by atoms with Gasteiger partial charge >= 0.3 is 0 Å².